The van der Waals surface area contributed by atoms with Crippen LogP contribution in [0.3, 0.4) is 0 Å². The van der Waals surface area contributed by atoms with Gasteiger partial charge in [-0.2, -0.15) is 11.8 Å². The third-order valence-corrected chi connectivity index (χ3v) is 3.84. The molecule has 0 bridgehead atoms. The fourth-order valence-electron chi connectivity index (χ4n) is 1.70. The Morgan fingerprint density at radius 2 is 2.00 bits per heavy atom. The quantitative estimate of drug-likeness (QED) is 0.686. The molecule has 5 heteroatoms. The van der Waals surface area contributed by atoms with Crippen LogP contribution in [0, 0.1) is 0 Å². The second kappa shape index (κ2) is 9.42. The number of hydrogen-bond donors (Lipinski definition) is 2. The maximum absolute atomic E-state index is 11.7. The van der Waals surface area contributed by atoms with Crippen molar-refractivity contribution >= 4 is 23.6 Å². The molecule has 20 heavy (non-hydrogen) atoms. The van der Waals surface area contributed by atoms with Gasteiger partial charge in [0.15, 0.2) is 0 Å². The van der Waals surface area contributed by atoms with E-state index in [1.165, 1.54) is 0 Å². The standard InChI is InChI=1S/C15H21NO3S/c1-2-3-9-20-11-14(17)16-13(15(18)19)10-12-7-5-4-6-8-12/h4-8,13H,2-3,9-11H2,1H3,(H,16,17)(H,18,19)/t13-/m0/s1. The summed E-state index contributed by atoms with van der Waals surface area (Å²) in [4.78, 5) is 22.9. The molecule has 110 valence electrons. The van der Waals surface area contributed by atoms with Crippen molar-refractivity contribution in [3.8, 4) is 0 Å². The van der Waals surface area contributed by atoms with E-state index in [0.29, 0.717) is 12.2 Å². The zero-order chi connectivity index (χ0) is 14.8. The number of carbonyl (C=O) groups excluding carboxylic acids is 1. The Bertz CT molecular complexity index is 422. The summed E-state index contributed by atoms with van der Waals surface area (Å²) in [6.07, 6.45) is 2.48. The predicted molar refractivity (Wildman–Crippen MR) is 81.9 cm³/mol. The number of carbonyl (C=O) groups is 2. The number of nitrogens with one attached hydrogen (secondary N) is 1. The van der Waals surface area contributed by atoms with Crippen LogP contribution in [0.2, 0.25) is 0 Å². The van der Waals surface area contributed by atoms with Crippen LogP contribution in [0.25, 0.3) is 0 Å². The lowest BCUT2D eigenvalue weighted by molar-refractivity contribution is -0.141. The van der Waals surface area contributed by atoms with E-state index in [4.69, 9.17) is 0 Å². The molecule has 0 saturated carbocycles. The molecule has 4 nitrogen and oxygen atoms in total. The van der Waals surface area contributed by atoms with Gasteiger partial charge < -0.3 is 10.4 Å². The molecule has 2 N–H and O–H groups in total. The summed E-state index contributed by atoms with van der Waals surface area (Å²) in [6, 6.07) is 8.45. The van der Waals surface area contributed by atoms with E-state index in [-0.39, 0.29) is 5.91 Å². The Morgan fingerprint density at radius 3 is 2.60 bits per heavy atom. The Labute approximate surface area is 124 Å². The lowest BCUT2D eigenvalue weighted by atomic mass is 10.1. The first-order valence-electron chi connectivity index (χ1n) is 6.77. The molecule has 0 aliphatic heterocycles. The first-order valence-corrected chi connectivity index (χ1v) is 7.92. The van der Waals surface area contributed by atoms with Gasteiger partial charge in [0.05, 0.1) is 5.75 Å². The molecule has 1 atom stereocenters. The molecule has 0 aliphatic carbocycles. The van der Waals surface area contributed by atoms with Crippen LogP contribution in [0.1, 0.15) is 25.3 Å². The summed E-state index contributed by atoms with van der Waals surface area (Å²) >= 11 is 1.54. The van der Waals surface area contributed by atoms with Crippen molar-refractivity contribution in [2.24, 2.45) is 0 Å². The molecule has 1 aromatic carbocycles. The van der Waals surface area contributed by atoms with Crippen LogP contribution < -0.4 is 5.32 Å². The van der Waals surface area contributed by atoms with Gasteiger partial charge in [0.2, 0.25) is 5.91 Å². The van der Waals surface area contributed by atoms with Crippen LogP contribution in [0.4, 0.5) is 0 Å². The lowest BCUT2D eigenvalue weighted by Gasteiger charge is -2.14. The second-order valence-corrected chi connectivity index (χ2v) is 5.66. The van der Waals surface area contributed by atoms with Gasteiger partial charge in [-0.1, -0.05) is 43.7 Å². The molecule has 0 aliphatic rings. The average Bonchev–Trinajstić information content (AvgIpc) is 2.44. The molecular formula is C15H21NO3S. The van der Waals surface area contributed by atoms with Gasteiger partial charge in [0.1, 0.15) is 6.04 Å². The topological polar surface area (TPSA) is 66.4 Å². The molecule has 1 amide bonds. The minimum atomic E-state index is -0.999. The van der Waals surface area contributed by atoms with Crippen LogP contribution in [-0.4, -0.2) is 34.5 Å². The predicted octanol–water partition coefficient (Wildman–Crippen LogP) is 2.33. The van der Waals surface area contributed by atoms with Crippen molar-refractivity contribution in [2.45, 2.75) is 32.2 Å². The molecule has 0 spiro atoms. The van der Waals surface area contributed by atoms with Crippen LogP contribution in [0.5, 0.6) is 0 Å². The highest BCUT2D eigenvalue weighted by Gasteiger charge is 2.20. The number of hydrogen-bond acceptors (Lipinski definition) is 3. The van der Waals surface area contributed by atoms with Gasteiger partial charge in [-0.15, -0.1) is 0 Å². The van der Waals surface area contributed by atoms with Gasteiger partial charge in [0, 0.05) is 6.42 Å². The number of amides is 1. The van der Waals surface area contributed by atoms with Crippen molar-refractivity contribution in [3.05, 3.63) is 35.9 Å². The van der Waals surface area contributed by atoms with Gasteiger partial charge in [0.25, 0.3) is 0 Å². The minimum Gasteiger partial charge on any atom is -0.480 e. The summed E-state index contributed by atoms with van der Waals surface area (Å²) in [5.74, 6) is 0.0361. The smallest absolute Gasteiger partial charge is 0.326 e. The largest absolute Gasteiger partial charge is 0.480 e. The van der Waals surface area contributed by atoms with Gasteiger partial charge in [-0.25, -0.2) is 4.79 Å². The molecule has 0 saturated heterocycles. The first kappa shape index (κ1) is 16.6. The summed E-state index contributed by atoms with van der Waals surface area (Å²) in [7, 11) is 0. The molecule has 0 aromatic heterocycles. The third kappa shape index (κ3) is 6.61. The van der Waals surface area contributed by atoms with Gasteiger partial charge in [-0.05, 0) is 17.7 Å². The normalized spacial score (nSPS) is 11.8. The van der Waals surface area contributed by atoms with Crippen molar-refractivity contribution in [1.82, 2.24) is 5.32 Å². The number of carboxylic acid groups (broad SMARTS) is 1. The van der Waals surface area contributed by atoms with E-state index < -0.39 is 12.0 Å². The van der Waals surface area contributed by atoms with E-state index in [9.17, 15) is 14.7 Å². The Kier molecular flexibility index (Phi) is 7.80. The van der Waals surface area contributed by atoms with Crippen molar-refractivity contribution in [2.75, 3.05) is 11.5 Å². The fraction of sp³-hybridized carbons (Fsp3) is 0.467. The van der Waals surface area contributed by atoms with Gasteiger partial charge in [-0.3, -0.25) is 4.79 Å². The molecular weight excluding hydrogens is 274 g/mol. The van der Waals surface area contributed by atoms with E-state index in [0.717, 1.165) is 24.2 Å². The van der Waals surface area contributed by atoms with Crippen molar-refractivity contribution in [1.29, 1.82) is 0 Å². The number of unbranched alkanes of at least 4 members (excludes halogenated alkanes) is 1. The zero-order valence-corrected chi connectivity index (χ0v) is 12.5. The molecule has 0 fully saturated rings. The molecule has 1 aromatic rings. The third-order valence-electron chi connectivity index (χ3n) is 2.79. The number of rotatable bonds is 9. The first-order chi connectivity index (χ1) is 9.63. The van der Waals surface area contributed by atoms with E-state index in [1.54, 1.807) is 11.8 Å². The van der Waals surface area contributed by atoms with Gasteiger partial charge >= 0.3 is 5.97 Å². The summed E-state index contributed by atoms with van der Waals surface area (Å²) < 4.78 is 0. The van der Waals surface area contributed by atoms with Crippen LogP contribution in [-0.2, 0) is 16.0 Å². The van der Waals surface area contributed by atoms with E-state index in [2.05, 4.69) is 12.2 Å². The summed E-state index contributed by atoms with van der Waals surface area (Å²) in [5.41, 5.74) is 0.902. The Morgan fingerprint density at radius 1 is 1.30 bits per heavy atom. The maximum atomic E-state index is 11.7. The molecule has 1 rings (SSSR count). The Balaban J connectivity index is 2.43. The number of benzene rings is 1. The lowest BCUT2D eigenvalue weighted by Crippen LogP contribution is -2.43. The highest BCUT2D eigenvalue weighted by atomic mass is 32.2. The highest BCUT2D eigenvalue weighted by Crippen LogP contribution is 2.06. The Hall–Kier alpha value is -1.49. The average molecular weight is 295 g/mol. The fourth-order valence-corrected chi connectivity index (χ4v) is 2.60. The molecule has 0 unspecified atom stereocenters. The summed E-state index contributed by atoms with van der Waals surface area (Å²) in [6.45, 7) is 2.10. The monoisotopic (exact) mass is 295 g/mol. The van der Waals surface area contributed by atoms with E-state index in [1.807, 2.05) is 30.3 Å². The highest BCUT2D eigenvalue weighted by molar-refractivity contribution is 7.99. The van der Waals surface area contributed by atoms with Crippen LogP contribution >= 0.6 is 11.8 Å². The second-order valence-electron chi connectivity index (χ2n) is 4.55. The van der Waals surface area contributed by atoms with Crippen molar-refractivity contribution in [3.63, 3.8) is 0 Å². The minimum absolute atomic E-state index is 0.213. The number of thioether (sulfide) groups is 1. The zero-order valence-electron chi connectivity index (χ0n) is 11.7. The maximum Gasteiger partial charge on any atom is 0.326 e. The summed E-state index contributed by atoms with van der Waals surface area (Å²) in [5, 5.41) is 11.8. The van der Waals surface area contributed by atoms with Crippen LogP contribution in [0.15, 0.2) is 30.3 Å². The van der Waals surface area contributed by atoms with E-state index >= 15 is 0 Å². The SMILES string of the molecule is CCCCSCC(=O)N[C@@H](Cc1ccccc1)C(=O)O. The van der Waals surface area contributed by atoms with Crippen molar-refractivity contribution < 1.29 is 14.7 Å². The molecule has 0 heterocycles. The number of aliphatic carboxylic acids is 1. The molecule has 0 radical (unpaired) electrons. The number of carboxylic acids is 1.